The summed E-state index contributed by atoms with van der Waals surface area (Å²) in [5.41, 5.74) is 6.13. The third-order valence-corrected chi connectivity index (χ3v) is 7.34. The van der Waals surface area contributed by atoms with Crippen LogP contribution in [0.5, 0.6) is 0 Å². The Labute approximate surface area is 133 Å². The first-order valence-corrected chi connectivity index (χ1v) is 9.64. The van der Waals surface area contributed by atoms with Gasteiger partial charge in [-0.2, -0.15) is 11.8 Å². The number of nitrogens with zero attached hydrogens (tertiary/aromatic N) is 1. The zero-order valence-corrected chi connectivity index (χ0v) is 14.1. The summed E-state index contributed by atoms with van der Waals surface area (Å²) in [7, 11) is 0. The maximum Gasteiger partial charge on any atom is 0.0741 e. The first kappa shape index (κ1) is 16.1. The Bertz CT molecular complexity index is 328. The predicted octanol–water partition coefficient (Wildman–Crippen LogP) is 1.87. The van der Waals surface area contributed by atoms with Crippen LogP contribution in [0.25, 0.3) is 0 Å². The molecule has 4 nitrogen and oxygen atoms in total. The summed E-state index contributed by atoms with van der Waals surface area (Å²) in [6, 6.07) is 0.703. The second-order valence-corrected chi connectivity index (χ2v) is 8.19. The van der Waals surface area contributed by atoms with Crippen molar-refractivity contribution in [2.24, 2.45) is 5.73 Å². The fourth-order valence-corrected chi connectivity index (χ4v) is 4.95. The molecular weight excluding hydrogens is 284 g/mol. The number of thioether (sulfide) groups is 1. The molecule has 3 aliphatic rings. The van der Waals surface area contributed by atoms with Crippen molar-refractivity contribution in [1.29, 1.82) is 0 Å². The van der Waals surface area contributed by atoms with Crippen molar-refractivity contribution < 1.29 is 9.47 Å². The van der Waals surface area contributed by atoms with Crippen LogP contribution in [0.3, 0.4) is 0 Å². The number of rotatable bonds is 3. The molecule has 0 bridgehead atoms. The average molecular weight is 314 g/mol. The lowest BCUT2D eigenvalue weighted by molar-refractivity contribution is -0.152. The third kappa shape index (κ3) is 3.42. The van der Waals surface area contributed by atoms with E-state index < -0.39 is 0 Å². The third-order valence-electron chi connectivity index (χ3n) is 5.90. The molecule has 5 heteroatoms. The topological polar surface area (TPSA) is 47.7 Å². The second kappa shape index (κ2) is 6.75. The summed E-state index contributed by atoms with van der Waals surface area (Å²) in [5.74, 6) is 0. The van der Waals surface area contributed by atoms with Gasteiger partial charge in [-0.25, -0.2) is 0 Å². The SMILES string of the molecule is CSC1(CN)CCN(C2CCOC3(CCOCC3)C2)CC1. The van der Waals surface area contributed by atoms with E-state index in [0.29, 0.717) is 10.8 Å². The van der Waals surface area contributed by atoms with Crippen LogP contribution in [0, 0.1) is 0 Å². The molecule has 0 aromatic carbocycles. The Morgan fingerprint density at radius 1 is 1.14 bits per heavy atom. The summed E-state index contributed by atoms with van der Waals surface area (Å²) in [5, 5.41) is 0. The smallest absolute Gasteiger partial charge is 0.0741 e. The zero-order chi connectivity index (χ0) is 14.8. The lowest BCUT2D eigenvalue weighted by Crippen LogP contribution is -2.55. The van der Waals surface area contributed by atoms with E-state index in [1.54, 1.807) is 0 Å². The largest absolute Gasteiger partial charge is 0.381 e. The zero-order valence-electron chi connectivity index (χ0n) is 13.3. The van der Waals surface area contributed by atoms with E-state index in [0.717, 1.165) is 39.2 Å². The van der Waals surface area contributed by atoms with Gasteiger partial charge in [0.05, 0.1) is 5.60 Å². The maximum absolute atomic E-state index is 6.18. The Morgan fingerprint density at radius 3 is 2.48 bits per heavy atom. The minimum absolute atomic E-state index is 0.114. The molecule has 3 heterocycles. The summed E-state index contributed by atoms with van der Waals surface area (Å²) in [6.07, 6.45) is 9.23. The highest BCUT2D eigenvalue weighted by Crippen LogP contribution is 2.39. The molecule has 3 rings (SSSR count). The fraction of sp³-hybridized carbons (Fsp3) is 1.00. The molecule has 3 aliphatic heterocycles. The van der Waals surface area contributed by atoms with Crippen molar-refractivity contribution in [1.82, 2.24) is 4.90 Å². The Hall–Kier alpha value is 0.190. The second-order valence-electron chi connectivity index (χ2n) is 6.92. The van der Waals surface area contributed by atoms with Crippen LogP contribution in [0.4, 0.5) is 0 Å². The Morgan fingerprint density at radius 2 is 1.86 bits per heavy atom. The van der Waals surface area contributed by atoms with Crippen molar-refractivity contribution in [3.63, 3.8) is 0 Å². The van der Waals surface area contributed by atoms with Crippen LogP contribution < -0.4 is 5.73 Å². The Balaban J connectivity index is 1.57. The molecule has 1 spiro atoms. The van der Waals surface area contributed by atoms with Crippen LogP contribution in [-0.2, 0) is 9.47 Å². The molecule has 1 unspecified atom stereocenters. The average Bonchev–Trinajstić information content (AvgIpc) is 2.56. The number of piperidine rings is 1. The molecule has 0 amide bonds. The molecule has 3 fully saturated rings. The monoisotopic (exact) mass is 314 g/mol. The molecule has 0 aliphatic carbocycles. The molecule has 1 atom stereocenters. The van der Waals surface area contributed by atoms with Gasteiger partial charge in [-0.3, -0.25) is 0 Å². The summed E-state index contributed by atoms with van der Waals surface area (Å²) >= 11 is 1.97. The summed E-state index contributed by atoms with van der Waals surface area (Å²) < 4.78 is 12.0. The van der Waals surface area contributed by atoms with Crippen molar-refractivity contribution in [2.75, 3.05) is 45.7 Å². The van der Waals surface area contributed by atoms with Crippen LogP contribution in [-0.4, -0.2) is 67.0 Å². The van der Waals surface area contributed by atoms with Crippen molar-refractivity contribution in [3.8, 4) is 0 Å². The number of hydrogen-bond donors (Lipinski definition) is 1. The first-order chi connectivity index (χ1) is 10.2. The molecule has 3 saturated heterocycles. The van der Waals surface area contributed by atoms with Gasteiger partial charge in [0.2, 0.25) is 0 Å². The fourth-order valence-electron chi connectivity index (χ4n) is 4.19. The van der Waals surface area contributed by atoms with Gasteiger partial charge >= 0.3 is 0 Å². The standard InChI is InChI=1S/C16H30N2O2S/c1-21-16(13-17)3-7-18(8-4-16)14-2-9-20-15(12-14)5-10-19-11-6-15/h14H,2-13,17H2,1H3. The molecule has 0 aromatic heterocycles. The van der Waals surface area contributed by atoms with Gasteiger partial charge in [0.15, 0.2) is 0 Å². The van der Waals surface area contributed by atoms with E-state index in [4.69, 9.17) is 15.2 Å². The van der Waals surface area contributed by atoms with E-state index in [1.807, 2.05) is 11.8 Å². The first-order valence-electron chi connectivity index (χ1n) is 8.42. The molecule has 0 aromatic rings. The van der Waals surface area contributed by atoms with Crippen LogP contribution in [0.1, 0.15) is 38.5 Å². The number of hydrogen-bond acceptors (Lipinski definition) is 5. The van der Waals surface area contributed by atoms with Crippen molar-refractivity contribution in [3.05, 3.63) is 0 Å². The van der Waals surface area contributed by atoms with Crippen LogP contribution in [0.15, 0.2) is 0 Å². The van der Waals surface area contributed by atoms with E-state index in [9.17, 15) is 0 Å². The quantitative estimate of drug-likeness (QED) is 0.862. The van der Waals surface area contributed by atoms with Gasteiger partial charge in [-0.15, -0.1) is 0 Å². The molecule has 21 heavy (non-hydrogen) atoms. The molecule has 2 N–H and O–H groups in total. The minimum atomic E-state index is 0.114. The Kier molecular flexibility index (Phi) is 5.16. The van der Waals surface area contributed by atoms with Gasteiger partial charge < -0.3 is 20.1 Å². The van der Waals surface area contributed by atoms with Gasteiger partial charge in [0.25, 0.3) is 0 Å². The number of nitrogens with two attached hydrogens (primary N) is 1. The maximum atomic E-state index is 6.18. The van der Waals surface area contributed by atoms with Crippen molar-refractivity contribution >= 4 is 11.8 Å². The highest BCUT2D eigenvalue weighted by Gasteiger charge is 2.42. The normalized spacial score (nSPS) is 33.1. The predicted molar refractivity (Wildman–Crippen MR) is 87.9 cm³/mol. The summed E-state index contributed by atoms with van der Waals surface area (Å²) in [4.78, 5) is 2.71. The van der Waals surface area contributed by atoms with Gasteiger partial charge in [0, 0.05) is 37.2 Å². The number of ether oxygens (including phenoxy) is 2. The highest BCUT2D eigenvalue weighted by molar-refractivity contribution is 8.00. The lowest BCUT2D eigenvalue weighted by Gasteiger charge is -2.49. The van der Waals surface area contributed by atoms with Crippen LogP contribution >= 0.6 is 11.8 Å². The molecule has 122 valence electrons. The highest BCUT2D eigenvalue weighted by atomic mass is 32.2. The van der Waals surface area contributed by atoms with Gasteiger partial charge in [-0.05, 0) is 57.9 Å². The van der Waals surface area contributed by atoms with E-state index in [1.165, 1.54) is 38.8 Å². The van der Waals surface area contributed by atoms with Crippen LogP contribution in [0.2, 0.25) is 0 Å². The number of likely N-dealkylation sites (tertiary alicyclic amines) is 1. The minimum Gasteiger partial charge on any atom is -0.381 e. The van der Waals surface area contributed by atoms with E-state index >= 15 is 0 Å². The molecule has 0 saturated carbocycles. The van der Waals surface area contributed by atoms with Gasteiger partial charge in [0.1, 0.15) is 0 Å². The van der Waals surface area contributed by atoms with Gasteiger partial charge in [-0.1, -0.05) is 0 Å². The van der Waals surface area contributed by atoms with E-state index in [2.05, 4.69) is 11.2 Å². The molecular formula is C16H30N2O2S. The van der Waals surface area contributed by atoms with Crippen molar-refractivity contribution in [2.45, 2.75) is 54.9 Å². The summed E-state index contributed by atoms with van der Waals surface area (Å²) in [6.45, 7) is 5.89. The lowest BCUT2D eigenvalue weighted by atomic mass is 9.82. The van der Waals surface area contributed by atoms with E-state index in [-0.39, 0.29) is 5.60 Å². The molecule has 0 radical (unpaired) electrons.